The van der Waals surface area contributed by atoms with Crippen LogP contribution in [0.15, 0.2) is 48.5 Å². The number of rotatable bonds is 4. The number of carbonyl (C=O) groups is 2. The number of anilines is 1. The van der Waals surface area contributed by atoms with Crippen molar-refractivity contribution < 1.29 is 9.59 Å². The zero-order chi connectivity index (χ0) is 19.7. The van der Waals surface area contributed by atoms with Gasteiger partial charge in [-0.3, -0.25) is 19.4 Å². The Balaban J connectivity index is 1.37. The second-order valence-corrected chi connectivity index (χ2v) is 8.08. The summed E-state index contributed by atoms with van der Waals surface area (Å²) in [7, 11) is 0. The summed E-state index contributed by atoms with van der Waals surface area (Å²) in [6, 6.07) is 14.3. The van der Waals surface area contributed by atoms with Crippen molar-refractivity contribution in [2.45, 2.75) is 19.0 Å². The van der Waals surface area contributed by atoms with Crippen LogP contribution in [0.5, 0.6) is 0 Å². The summed E-state index contributed by atoms with van der Waals surface area (Å²) in [5.74, 6) is -0.292. The minimum atomic E-state index is -0.374. The Morgan fingerprint density at radius 1 is 0.821 bits per heavy atom. The smallest absolute Gasteiger partial charge is 0.251 e. The van der Waals surface area contributed by atoms with Gasteiger partial charge in [-0.25, -0.2) is 4.90 Å². The second kappa shape index (κ2) is 8.21. The van der Waals surface area contributed by atoms with Gasteiger partial charge in [0.25, 0.3) is 5.91 Å². The first-order valence-electron chi connectivity index (χ1n) is 9.34. The highest BCUT2D eigenvalue weighted by Crippen LogP contribution is 2.27. The molecule has 2 aliphatic heterocycles. The van der Waals surface area contributed by atoms with Gasteiger partial charge in [0.2, 0.25) is 5.91 Å². The van der Waals surface area contributed by atoms with Crippen LogP contribution in [0.4, 0.5) is 5.69 Å². The van der Waals surface area contributed by atoms with E-state index in [9.17, 15) is 9.59 Å². The lowest BCUT2D eigenvalue weighted by atomic mass is 10.1. The van der Waals surface area contributed by atoms with Crippen molar-refractivity contribution in [3.63, 3.8) is 0 Å². The van der Waals surface area contributed by atoms with Gasteiger partial charge in [-0.15, -0.1) is 0 Å². The Kier molecular flexibility index (Phi) is 5.69. The van der Waals surface area contributed by atoms with Crippen LogP contribution in [0, 0.1) is 0 Å². The first kappa shape index (κ1) is 19.4. The molecule has 2 aromatic carbocycles. The van der Waals surface area contributed by atoms with Crippen molar-refractivity contribution in [3.05, 3.63) is 64.1 Å². The lowest BCUT2D eigenvalue weighted by Gasteiger charge is -2.37. The highest BCUT2D eigenvalue weighted by Gasteiger charge is 2.43. The molecule has 2 aromatic rings. The van der Waals surface area contributed by atoms with Gasteiger partial charge in [0.15, 0.2) is 0 Å². The predicted octanol–water partition coefficient (Wildman–Crippen LogP) is 3.44. The number of hydrogen-bond acceptors (Lipinski definition) is 4. The number of hydrogen-bond donors (Lipinski definition) is 0. The van der Waals surface area contributed by atoms with Crippen LogP contribution in [0.3, 0.4) is 0 Å². The van der Waals surface area contributed by atoms with Crippen LogP contribution in [-0.2, 0) is 16.1 Å². The minimum Gasteiger partial charge on any atom is -0.297 e. The Morgan fingerprint density at radius 3 is 2.00 bits per heavy atom. The highest BCUT2D eigenvalue weighted by molar-refractivity contribution is 6.31. The zero-order valence-corrected chi connectivity index (χ0v) is 16.9. The third-order valence-corrected chi connectivity index (χ3v) is 5.88. The molecule has 1 atom stereocenters. The third-order valence-electron chi connectivity index (χ3n) is 5.37. The van der Waals surface area contributed by atoms with Crippen LogP contribution < -0.4 is 4.90 Å². The molecule has 2 heterocycles. The van der Waals surface area contributed by atoms with Crippen LogP contribution in [-0.4, -0.2) is 53.8 Å². The summed E-state index contributed by atoms with van der Waals surface area (Å²) in [5.41, 5.74) is 1.81. The predicted molar refractivity (Wildman–Crippen MR) is 111 cm³/mol. The third kappa shape index (κ3) is 4.08. The first-order valence-corrected chi connectivity index (χ1v) is 10.1. The van der Waals surface area contributed by atoms with E-state index < -0.39 is 0 Å². The van der Waals surface area contributed by atoms with Crippen LogP contribution in [0.25, 0.3) is 0 Å². The normalized spacial score (nSPS) is 21.5. The summed E-state index contributed by atoms with van der Waals surface area (Å²) in [5, 5.41) is 1.32. The van der Waals surface area contributed by atoms with Crippen LogP contribution in [0.2, 0.25) is 10.0 Å². The Morgan fingerprint density at radius 2 is 1.39 bits per heavy atom. The molecule has 1 unspecified atom stereocenters. The maximum Gasteiger partial charge on any atom is 0.251 e. The number of halogens is 2. The van der Waals surface area contributed by atoms with E-state index in [0.29, 0.717) is 10.7 Å². The quantitative estimate of drug-likeness (QED) is 0.714. The van der Waals surface area contributed by atoms with Gasteiger partial charge >= 0.3 is 0 Å². The molecule has 4 rings (SSSR count). The monoisotopic (exact) mass is 417 g/mol. The number of amides is 2. The summed E-state index contributed by atoms with van der Waals surface area (Å²) in [6.45, 7) is 4.13. The van der Waals surface area contributed by atoms with Gasteiger partial charge in [-0.05, 0) is 42.0 Å². The molecule has 0 N–H and O–H groups in total. The van der Waals surface area contributed by atoms with Gasteiger partial charge in [-0.1, -0.05) is 35.3 Å². The minimum absolute atomic E-state index is 0.140. The van der Waals surface area contributed by atoms with Gasteiger partial charge in [0.1, 0.15) is 0 Å². The fourth-order valence-electron chi connectivity index (χ4n) is 3.84. The van der Waals surface area contributed by atoms with Crippen LogP contribution in [0.1, 0.15) is 12.0 Å². The second-order valence-electron chi connectivity index (χ2n) is 7.20. The molecule has 7 heteroatoms. The van der Waals surface area contributed by atoms with E-state index in [0.717, 1.165) is 37.7 Å². The van der Waals surface area contributed by atoms with E-state index >= 15 is 0 Å². The van der Waals surface area contributed by atoms with E-state index in [1.807, 2.05) is 24.3 Å². The molecule has 2 fully saturated rings. The summed E-state index contributed by atoms with van der Waals surface area (Å²) >= 11 is 11.9. The van der Waals surface area contributed by atoms with Gasteiger partial charge in [-0.2, -0.15) is 0 Å². The molecule has 5 nitrogen and oxygen atoms in total. The molecule has 0 aliphatic carbocycles. The number of nitrogens with zero attached hydrogens (tertiary/aromatic N) is 3. The van der Waals surface area contributed by atoms with Crippen molar-refractivity contribution in [1.82, 2.24) is 9.80 Å². The molecule has 0 bridgehead atoms. The average molecular weight is 418 g/mol. The largest absolute Gasteiger partial charge is 0.297 e. The van der Waals surface area contributed by atoms with Crippen molar-refractivity contribution in [2.24, 2.45) is 0 Å². The van der Waals surface area contributed by atoms with Gasteiger partial charge in [0.05, 0.1) is 18.2 Å². The zero-order valence-electron chi connectivity index (χ0n) is 15.4. The van der Waals surface area contributed by atoms with Crippen molar-refractivity contribution >= 4 is 40.7 Å². The SMILES string of the molecule is O=C1CC(N2CCN(Cc3ccc(Cl)cc3)CC2)C(=O)N1c1ccc(Cl)cc1. The molecule has 28 heavy (non-hydrogen) atoms. The van der Waals surface area contributed by atoms with E-state index in [1.54, 1.807) is 24.3 Å². The molecule has 2 amide bonds. The Bertz CT molecular complexity index is 862. The Hall–Kier alpha value is -1.92. The molecule has 0 aromatic heterocycles. The van der Waals surface area contributed by atoms with Crippen molar-refractivity contribution in [1.29, 1.82) is 0 Å². The molecule has 0 spiro atoms. The summed E-state index contributed by atoms with van der Waals surface area (Å²) < 4.78 is 0. The van der Waals surface area contributed by atoms with E-state index in [-0.39, 0.29) is 24.3 Å². The lowest BCUT2D eigenvalue weighted by molar-refractivity contribution is -0.123. The number of carbonyl (C=O) groups excluding carboxylic acids is 2. The standard InChI is InChI=1S/C21H21Cl2N3O2/c22-16-3-1-15(2-4-16)14-24-9-11-25(12-10-24)19-13-20(27)26(21(19)28)18-7-5-17(23)6-8-18/h1-8,19H,9-14H2. The molecule has 2 aliphatic rings. The molecular weight excluding hydrogens is 397 g/mol. The number of piperazine rings is 1. The van der Waals surface area contributed by atoms with E-state index in [1.165, 1.54) is 10.5 Å². The van der Waals surface area contributed by atoms with E-state index in [4.69, 9.17) is 23.2 Å². The molecule has 146 valence electrons. The van der Waals surface area contributed by atoms with Crippen molar-refractivity contribution in [2.75, 3.05) is 31.1 Å². The first-order chi connectivity index (χ1) is 13.5. The molecule has 0 radical (unpaired) electrons. The molecular formula is C21H21Cl2N3O2. The number of benzene rings is 2. The summed E-state index contributed by atoms with van der Waals surface area (Å²) in [6.07, 6.45) is 0.235. The average Bonchev–Trinajstić information content (AvgIpc) is 2.99. The molecule has 2 saturated heterocycles. The lowest BCUT2D eigenvalue weighted by Crippen LogP contribution is -2.52. The van der Waals surface area contributed by atoms with Crippen LogP contribution >= 0.6 is 23.2 Å². The van der Waals surface area contributed by atoms with E-state index in [2.05, 4.69) is 9.80 Å². The van der Waals surface area contributed by atoms with Crippen molar-refractivity contribution in [3.8, 4) is 0 Å². The summed E-state index contributed by atoms with van der Waals surface area (Å²) in [4.78, 5) is 31.2. The topological polar surface area (TPSA) is 43.9 Å². The maximum atomic E-state index is 12.9. The Labute approximate surface area is 174 Å². The fourth-order valence-corrected chi connectivity index (χ4v) is 4.10. The maximum absolute atomic E-state index is 12.9. The number of imide groups is 1. The fraction of sp³-hybridized carbons (Fsp3) is 0.333. The molecule has 0 saturated carbocycles. The van der Waals surface area contributed by atoms with Gasteiger partial charge < -0.3 is 0 Å². The highest BCUT2D eigenvalue weighted by atomic mass is 35.5. The van der Waals surface area contributed by atoms with Gasteiger partial charge in [0, 0.05) is 42.8 Å².